The van der Waals surface area contributed by atoms with Crippen LogP contribution in [0.25, 0.3) is 32.3 Å². The molecule has 0 spiro atoms. The molecule has 17 heteroatoms. The van der Waals surface area contributed by atoms with Gasteiger partial charge in [0.2, 0.25) is 11.8 Å². The molecular formula is C40H50N8O8S. The molecule has 4 atom stereocenters. The lowest BCUT2D eigenvalue weighted by Crippen LogP contribution is -2.51. The predicted octanol–water partition coefficient (Wildman–Crippen LogP) is 5.82. The smallest absolute Gasteiger partial charge is 0.407 e. The van der Waals surface area contributed by atoms with Crippen molar-refractivity contribution in [3.05, 3.63) is 54.4 Å². The van der Waals surface area contributed by atoms with E-state index in [0.29, 0.717) is 56.5 Å². The third kappa shape index (κ3) is 8.78. The lowest BCUT2D eigenvalue weighted by atomic mass is 10.0. The number of ether oxygens (including phenoxy) is 4. The number of H-pyrrole nitrogens is 2. The maximum absolute atomic E-state index is 13.7. The summed E-state index contributed by atoms with van der Waals surface area (Å²) < 4.78 is 21.9. The highest BCUT2D eigenvalue weighted by Crippen LogP contribution is 2.40. The van der Waals surface area contributed by atoms with Gasteiger partial charge in [0.25, 0.3) is 0 Å². The summed E-state index contributed by atoms with van der Waals surface area (Å²) in [6, 6.07) is 8.19. The number of alkyl carbamates (subject to hydrolysis) is 2. The summed E-state index contributed by atoms with van der Waals surface area (Å²) in [6.07, 6.45) is 6.82. The zero-order chi connectivity index (χ0) is 40.1. The van der Waals surface area contributed by atoms with Crippen LogP contribution in [-0.4, -0.2) is 113 Å². The molecule has 304 valence electrons. The summed E-state index contributed by atoms with van der Waals surface area (Å²) in [6.45, 7) is 5.80. The minimum Gasteiger partial charge on any atom is -0.493 e. The van der Waals surface area contributed by atoms with Crippen molar-refractivity contribution in [2.24, 2.45) is 5.92 Å². The minimum absolute atomic E-state index is 0.0316. The van der Waals surface area contributed by atoms with Gasteiger partial charge in [0.05, 0.1) is 68.2 Å². The Morgan fingerprint density at radius 2 is 1.58 bits per heavy atom. The second-order valence-corrected chi connectivity index (χ2v) is 15.9. The van der Waals surface area contributed by atoms with Crippen LogP contribution < -0.4 is 15.4 Å². The number of thiophene rings is 1. The van der Waals surface area contributed by atoms with Crippen molar-refractivity contribution in [3.63, 3.8) is 0 Å². The third-order valence-electron chi connectivity index (χ3n) is 10.7. The number of aromatic amines is 2. The number of fused-ring (bicyclic) bond motifs is 6. The lowest BCUT2D eigenvalue weighted by molar-refractivity contribution is -0.136. The number of hydrogen-bond acceptors (Lipinski definition) is 11. The number of likely N-dealkylation sites (tertiary alicyclic amines) is 1. The Kier molecular flexibility index (Phi) is 12.4. The molecular weight excluding hydrogens is 753 g/mol. The van der Waals surface area contributed by atoms with E-state index in [9.17, 15) is 19.2 Å². The van der Waals surface area contributed by atoms with Gasteiger partial charge in [-0.25, -0.2) is 19.6 Å². The van der Waals surface area contributed by atoms with E-state index in [1.807, 2.05) is 32.2 Å². The molecule has 3 aliphatic rings. The van der Waals surface area contributed by atoms with Crippen molar-refractivity contribution in [1.29, 1.82) is 0 Å². The first-order valence-corrected chi connectivity index (χ1v) is 20.3. The molecule has 57 heavy (non-hydrogen) atoms. The van der Waals surface area contributed by atoms with Crippen LogP contribution in [0.3, 0.4) is 0 Å². The van der Waals surface area contributed by atoms with Crippen molar-refractivity contribution < 1.29 is 38.1 Å². The summed E-state index contributed by atoms with van der Waals surface area (Å²) in [5.41, 5.74) is 3.48. The molecule has 2 saturated heterocycles. The molecule has 2 fully saturated rings. The summed E-state index contributed by atoms with van der Waals surface area (Å²) >= 11 is 1.62. The fourth-order valence-corrected chi connectivity index (χ4v) is 8.67. The Bertz CT molecular complexity index is 2060. The maximum Gasteiger partial charge on any atom is 0.407 e. The molecule has 4 aromatic rings. The van der Waals surface area contributed by atoms with Gasteiger partial charge in [0.15, 0.2) is 0 Å². The highest BCUT2D eigenvalue weighted by Gasteiger charge is 2.38. The molecule has 3 aliphatic heterocycles. The minimum atomic E-state index is -0.877. The summed E-state index contributed by atoms with van der Waals surface area (Å²) in [5.74, 6) is 1.59. The molecule has 0 saturated carbocycles. The fourth-order valence-electron chi connectivity index (χ4n) is 7.70. The van der Waals surface area contributed by atoms with Crippen molar-refractivity contribution in [1.82, 2.24) is 40.4 Å². The zero-order valence-corrected chi connectivity index (χ0v) is 33.5. The lowest BCUT2D eigenvalue weighted by Gasteiger charge is -2.30. The largest absolute Gasteiger partial charge is 0.493 e. The second kappa shape index (κ2) is 17.8. The number of carbonyl (C=O) groups excluding carboxylic acids is 4. The van der Waals surface area contributed by atoms with Crippen molar-refractivity contribution in [3.8, 4) is 38.0 Å². The molecule has 16 nitrogen and oxygen atoms in total. The van der Waals surface area contributed by atoms with E-state index in [4.69, 9.17) is 28.9 Å². The van der Waals surface area contributed by atoms with Crippen LogP contribution in [0.1, 0.15) is 76.1 Å². The van der Waals surface area contributed by atoms with Gasteiger partial charge in [-0.3, -0.25) is 9.59 Å². The number of carbonyl (C=O) groups is 4. The van der Waals surface area contributed by atoms with Crippen LogP contribution in [0.4, 0.5) is 9.59 Å². The van der Waals surface area contributed by atoms with Crippen LogP contribution in [-0.2, 0) is 23.8 Å². The molecule has 0 unspecified atom stereocenters. The van der Waals surface area contributed by atoms with E-state index >= 15 is 0 Å². The second-order valence-electron chi connectivity index (χ2n) is 14.8. The van der Waals surface area contributed by atoms with E-state index in [1.54, 1.807) is 27.3 Å². The number of imidazole rings is 2. The number of nitrogens with one attached hydrogen (secondary N) is 4. The molecule has 7 rings (SSSR count). The number of benzene rings is 1. The predicted molar refractivity (Wildman–Crippen MR) is 211 cm³/mol. The van der Waals surface area contributed by atoms with E-state index in [1.165, 1.54) is 14.2 Å². The maximum atomic E-state index is 13.7. The Hall–Kier alpha value is -5.42. The number of methoxy groups -OCH3 is 2. The topological polar surface area (TPSA) is 193 Å². The van der Waals surface area contributed by atoms with Gasteiger partial charge in [-0.1, -0.05) is 19.9 Å². The van der Waals surface area contributed by atoms with Gasteiger partial charge in [-0.15, -0.1) is 11.3 Å². The monoisotopic (exact) mass is 802 g/mol. The first-order valence-electron chi connectivity index (χ1n) is 19.5. The van der Waals surface area contributed by atoms with E-state index in [-0.39, 0.29) is 36.4 Å². The average Bonchev–Trinajstić information content (AvgIpc) is 4.07. The Labute approximate surface area is 335 Å². The van der Waals surface area contributed by atoms with Crippen molar-refractivity contribution in [2.75, 3.05) is 47.1 Å². The fraction of sp³-hybridized carbons (Fsp3) is 0.500. The molecule has 3 aromatic heterocycles. The van der Waals surface area contributed by atoms with Crippen LogP contribution >= 0.6 is 11.3 Å². The van der Waals surface area contributed by atoms with Gasteiger partial charge < -0.3 is 49.3 Å². The number of amides is 4. The first-order chi connectivity index (χ1) is 27.6. The molecule has 1 aromatic carbocycles. The first kappa shape index (κ1) is 39.8. The number of aromatic nitrogens is 4. The van der Waals surface area contributed by atoms with Gasteiger partial charge in [0, 0.05) is 30.1 Å². The molecule has 0 radical (unpaired) electrons. The Morgan fingerprint density at radius 1 is 0.877 bits per heavy atom. The van der Waals surface area contributed by atoms with Gasteiger partial charge in [0.1, 0.15) is 29.5 Å². The van der Waals surface area contributed by atoms with Crippen molar-refractivity contribution >= 4 is 35.3 Å². The highest BCUT2D eigenvalue weighted by atomic mass is 32.1. The molecule has 2 bridgehead atoms. The normalized spacial score (nSPS) is 20.7. The quantitative estimate of drug-likeness (QED) is 0.177. The van der Waals surface area contributed by atoms with Crippen LogP contribution in [0.15, 0.2) is 42.7 Å². The van der Waals surface area contributed by atoms with Gasteiger partial charge in [-0.05, 0) is 74.3 Å². The number of nitrogens with zero attached hydrogens (tertiary/aromatic N) is 4. The summed E-state index contributed by atoms with van der Waals surface area (Å²) in [5, 5.41) is 5.34. The van der Waals surface area contributed by atoms with Gasteiger partial charge in [-0.2, -0.15) is 0 Å². The molecule has 0 aliphatic carbocycles. The Balaban J connectivity index is 1.10. The van der Waals surface area contributed by atoms with E-state index < -0.39 is 24.3 Å². The Morgan fingerprint density at radius 3 is 2.37 bits per heavy atom. The average molecular weight is 803 g/mol. The van der Waals surface area contributed by atoms with E-state index in [0.717, 1.165) is 58.0 Å². The van der Waals surface area contributed by atoms with Crippen molar-refractivity contribution in [2.45, 2.75) is 76.5 Å². The molecule has 4 N–H and O–H groups in total. The molecule has 6 heterocycles. The number of rotatable bonds is 7. The standard InChI is InChI=1S/C40H50N8O8S/c1-23(2)34(46-40(52)54-4)38(50)48-16-8-10-30(48)36-42-21-27(44-36)33-14-13-32(57-33)24-11-12-25-26-20-41-35(43-26)29-9-7-15-47(29)37(49)28(45-39(51)53-3)22-55-17-5-6-18-56-31(25)19-24/h11-14,19-21,23,28-30,34H,5-10,15-18,22H2,1-4H3,(H,41,43)(H,42,44)(H,45,51)(H,46,52)/t28-,29-,30+,34-/m0/s1. The van der Waals surface area contributed by atoms with E-state index in [2.05, 4.69) is 38.8 Å². The van der Waals surface area contributed by atoms with Crippen LogP contribution in [0.5, 0.6) is 5.75 Å². The zero-order valence-electron chi connectivity index (χ0n) is 32.7. The van der Waals surface area contributed by atoms with Crippen LogP contribution in [0.2, 0.25) is 0 Å². The summed E-state index contributed by atoms with van der Waals surface area (Å²) in [7, 11) is 2.55. The van der Waals surface area contributed by atoms with Crippen LogP contribution in [0, 0.1) is 5.92 Å². The highest BCUT2D eigenvalue weighted by molar-refractivity contribution is 7.18. The SMILES string of the molecule is COC(=O)N[C@H]1COCCCCOc2cc(-c3ccc(-c4cnc([C@H]5CCCN5C(=O)[C@@H](NC(=O)OC)C(C)C)[nH]4)s3)ccc2-c2cnc([nH]2)[C@@H]2CCCN2C1=O. The molecule has 4 amide bonds. The third-order valence-corrected chi connectivity index (χ3v) is 11.9. The van der Waals surface area contributed by atoms with Gasteiger partial charge >= 0.3 is 12.2 Å². The number of hydrogen-bond donors (Lipinski definition) is 4. The summed E-state index contributed by atoms with van der Waals surface area (Å²) in [4.78, 5) is 73.4.